The van der Waals surface area contributed by atoms with E-state index in [4.69, 9.17) is 14.2 Å². The number of thiazole rings is 1. The first-order valence-electron chi connectivity index (χ1n) is 6.16. The molecule has 2 aromatic rings. The largest absolute Gasteiger partial charge is 0.496 e. The van der Waals surface area contributed by atoms with Gasteiger partial charge in [-0.25, -0.2) is 4.98 Å². The summed E-state index contributed by atoms with van der Waals surface area (Å²) in [6.45, 7) is 1.35. The lowest BCUT2D eigenvalue weighted by atomic mass is 10.1. The highest BCUT2D eigenvalue weighted by molar-refractivity contribution is 7.09. The third-order valence-electron chi connectivity index (χ3n) is 2.88. The van der Waals surface area contributed by atoms with Crippen LogP contribution in [0.3, 0.4) is 0 Å². The first kappa shape index (κ1) is 14.6. The summed E-state index contributed by atoms with van der Waals surface area (Å²) >= 11 is 1.63. The average Bonchev–Trinajstić information content (AvgIpc) is 3.00. The second kappa shape index (κ2) is 7.12. The Hall–Kier alpha value is -1.79. The highest BCUT2D eigenvalue weighted by atomic mass is 32.1. The molecule has 0 aliphatic rings. The van der Waals surface area contributed by atoms with Gasteiger partial charge in [0.1, 0.15) is 22.3 Å². The minimum absolute atomic E-state index is 0.635. The van der Waals surface area contributed by atoms with E-state index in [9.17, 15) is 0 Å². The Labute approximate surface area is 122 Å². The predicted molar refractivity (Wildman–Crippen MR) is 78.8 cm³/mol. The van der Waals surface area contributed by atoms with Crippen LogP contribution in [0.25, 0.3) is 0 Å². The normalized spacial score (nSPS) is 10.3. The van der Waals surface area contributed by atoms with Gasteiger partial charge in [-0.15, -0.1) is 11.3 Å². The zero-order chi connectivity index (χ0) is 14.4. The average molecular weight is 294 g/mol. The van der Waals surface area contributed by atoms with Crippen molar-refractivity contribution in [3.05, 3.63) is 34.3 Å². The van der Waals surface area contributed by atoms with Crippen molar-refractivity contribution in [3.8, 4) is 17.2 Å². The van der Waals surface area contributed by atoms with Gasteiger partial charge in [0.15, 0.2) is 0 Å². The second-order valence-electron chi connectivity index (χ2n) is 4.04. The summed E-state index contributed by atoms with van der Waals surface area (Å²) in [6, 6.07) is 3.70. The fraction of sp³-hybridized carbons (Fsp3) is 0.357. The zero-order valence-electron chi connectivity index (χ0n) is 11.8. The van der Waals surface area contributed by atoms with Gasteiger partial charge >= 0.3 is 0 Å². The lowest BCUT2D eigenvalue weighted by Crippen LogP contribution is -2.14. The zero-order valence-corrected chi connectivity index (χ0v) is 12.6. The molecule has 1 N–H and O–H groups in total. The van der Waals surface area contributed by atoms with Gasteiger partial charge < -0.3 is 19.5 Å². The lowest BCUT2D eigenvalue weighted by Gasteiger charge is -2.15. The van der Waals surface area contributed by atoms with Crippen LogP contribution in [-0.2, 0) is 13.1 Å². The minimum Gasteiger partial charge on any atom is -0.496 e. The molecule has 6 heteroatoms. The highest BCUT2D eigenvalue weighted by Crippen LogP contribution is 2.33. The summed E-state index contributed by atoms with van der Waals surface area (Å²) < 4.78 is 16.0. The Morgan fingerprint density at radius 2 is 1.75 bits per heavy atom. The molecule has 20 heavy (non-hydrogen) atoms. The molecule has 1 aromatic carbocycles. The maximum Gasteiger partial charge on any atom is 0.130 e. The molecule has 0 unspecified atom stereocenters. The van der Waals surface area contributed by atoms with E-state index in [-0.39, 0.29) is 0 Å². The first-order valence-corrected chi connectivity index (χ1v) is 7.04. The summed E-state index contributed by atoms with van der Waals surface area (Å²) in [5, 5.41) is 6.35. The number of aromatic nitrogens is 1. The Kier molecular flexibility index (Phi) is 5.20. The molecule has 1 heterocycles. The molecule has 2 rings (SSSR count). The van der Waals surface area contributed by atoms with Crippen molar-refractivity contribution in [1.29, 1.82) is 0 Å². The number of nitrogens with zero attached hydrogens (tertiary/aromatic N) is 1. The number of ether oxygens (including phenoxy) is 3. The van der Waals surface area contributed by atoms with Crippen molar-refractivity contribution in [3.63, 3.8) is 0 Å². The van der Waals surface area contributed by atoms with Gasteiger partial charge in [0.2, 0.25) is 0 Å². The molecule has 0 atom stereocenters. The van der Waals surface area contributed by atoms with Crippen LogP contribution in [0.2, 0.25) is 0 Å². The summed E-state index contributed by atoms with van der Waals surface area (Å²) in [5.74, 6) is 2.20. The summed E-state index contributed by atoms with van der Waals surface area (Å²) in [4.78, 5) is 4.23. The SMILES string of the molecule is COc1cc(OC)c(CNCc2nccs2)c(OC)c1. The molecular formula is C14H18N2O3S. The summed E-state index contributed by atoms with van der Waals surface area (Å²) in [7, 11) is 4.89. The maximum atomic E-state index is 5.41. The van der Waals surface area contributed by atoms with E-state index in [2.05, 4.69) is 10.3 Å². The van der Waals surface area contributed by atoms with Crippen molar-refractivity contribution in [2.75, 3.05) is 21.3 Å². The Balaban J connectivity index is 2.12. The first-order chi connectivity index (χ1) is 9.78. The van der Waals surface area contributed by atoms with E-state index in [1.54, 1.807) is 38.9 Å². The quantitative estimate of drug-likeness (QED) is 0.850. The molecule has 0 aliphatic heterocycles. The summed E-state index contributed by atoms with van der Waals surface area (Å²) in [5.41, 5.74) is 0.965. The van der Waals surface area contributed by atoms with Crippen molar-refractivity contribution in [2.45, 2.75) is 13.1 Å². The monoisotopic (exact) mass is 294 g/mol. The molecule has 0 radical (unpaired) electrons. The number of methoxy groups -OCH3 is 3. The van der Waals surface area contributed by atoms with Gasteiger partial charge in [-0.3, -0.25) is 0 Å². The van der Waals surface area contributed by atoms with Crippen LogP contribution in [0.1, 0.15) is 10.6 Å². The number of hydrogen-bond acceptors (Lipinski definition) is 6. The molecule has 0 saturated carbocycles. The van der Waals surface area contributed by atoms with Crippen LogP contribution in [-0.4, -0.2) is 26.3 Å². The van der Waals surface area contributed by atoms with Gasteiger partial charge in [0.25, 0.3) is 0 Å². The Bertz CT molecular complexity index is 518. The maximum absolute atomic E-state index is 5.41. The summed E-state index contributed by atoms with van der Waals surface area (Å²) in [6.07, 6.45) is 1.80. The number of nitrogens with one attached hydrogen (secondary N) is 1. The molecule has 0 aliphatic carbocycles. The van der Waals surface area contributed by atoms with Crippen LogP contribution in [0.4, 0.5) is 0 Å². The third kappa shape index (κ3) is 3.40. The lowest BCUT2D eigenvalue weighted by molar-refractivity contribution is 0.366. The highest BCUT2D eigenvalue weighted by Gasteiger charge is 2.12. The van der Waals surface area contributed by atoms with Gasteiger partial charge in [0.05, 0.1) is 26.9 Å². The molecule has 108 valence electrons. The van der Waals surface area contributed by atoms with E-state index in [1.165, 1.54) is 0 Å². The number of rotatable bonds is 7. The van der Waals surface area contributed by atoms with Crippen molar-refractivity contribution in [2.24, 2.45) is 0 Å². The van der Waals surface area contributed by atoms with Crippen LogP contribution in [0.15, 0.2) is 23.7 Å². The van der Waals surface area contributed by atoms with E-state index in [0.29, 0.717) is 12.3 Å². The Morgan fingerprint density at radius 3 is 2.25 bits per heavy atom. The fourth-order valence-electron chi connectivity index (χ4n) is 1.89. The third-order valence-corrected chi connectivity index (χ3v) is 3.66. The van der Waals surface area contributed by atoms with Gasteiger partial charge in [-0.1, -0.05) is 0 Å². The molecule has 0 spiro atoms. The van der Waals surface area contributed by atoms with Crippen molar-refractivity contribution >= 4 is 11.3 Å². The molecule has 1 aromatic heterocycles. The molecule has 0 fully saturated rings. The topological polar surface area (TPSA) is 52.6 Å². The molecular weight excluding hydrogens is 276 g/mol. The van der Waals surface area contributed by atoms with E-state index < -0.39 is 0 Å². The standard InChI is InChI=1S/C14H18N2O3S/c1-17-10-6-12(18-2)11(13(7-10)19-3)8-15-9-14-16-4-5-20-14/h4-7,15H,8-9H2,1-3H3. The molecule has 0 amide bonds. The van der Waals surface area contributed by atoms with Gasteiger partial charge in [-0.05, 0) is 0 Å². The van der Waals surface area contributed by atoms with Crippen LogP contribution in [0.5, 0.6) is 17.2 Å². The van der Waals surface area contributed by atoms with Crippen LogP contribution < -0.4 is 19.5 Å². The van der Waals surface area contributed by atoms with Crippen LogP contribution in [0, 0.1) is 0 Å². The van der Waals surface area contributed by atoms with E-state index in [0.717, 1.165) is 28.6 Å². The molecule has 0 bridgehead atoms. The predicted octanol–water partition coefficient (Wildman–Crippen LogP) is 2.46. The van der Waals surface area contributed by atoms with E-state index in [1.807, 2.05) is 17.5 Å². The fourth-order valence-corrected chi connectivity index (χ4v) is 2.47. The van der Waals surface area contributed by atoms with Gasteiger partial charge in [-0.2, -0.15) is 0 Å². The van der Waals surface area contributed by atoms with Crippen molar-refractivity contribution in [1.82, 2.24) is 10.3 Å². The number of benzene rings is 1. The number of hydrogen-bond donors (Lipinski definition) is 1. The minimum atomic E-state index is 0.635. The van der Waals surface area contributed by atoms with Crippen LogP contribution >= 0.6 is 11.3 Å². The van der Waals surface area contributed by atoms with E-state index >= 15 is 0 Å². The Morgan fingerprint density at radius 1 is 1.05 bits per heavy atom. The van der Waals surface area contributed by atoms with Gasteiger partial charge in [0, 0.05) is 36.8 Å². The van der Waals surface area contributed by atoms with Crippen molar-refractivity contribution < 1.29 is 14.2 Å². The smallest absolute Gasteiger partial charge is 0.130 e. The molecule has 5 nitrogen and oxygen atoms in total. The molecule has 0 saturated heterocycles. The second-order valence-corrected chi connectivity index (χ2v) is 5.02.